The van der Waals surface area contributed by atoms with E-state index in [1.807, 2.05) is 34.7 Å². The average Bonchev–Trinajstić information content (AvgIpc) is 2.51. The second-order valence-electron chi connectivity index (χ2n) is 4.64. The van der Waals surface area contributed by atoms with Crippen LogP contribution in [0.1, 0.15) is 9.49 Å². The summed E-state index contributed by atoms with van der Waals surface area (Å²) in [5.41, 5.74) is 6.57. The first kappa shape index (κ1) is 22.7. The SMILES string of the molecule is N[C@@H](C(=O)O)[C@@H](I)c1cc(I)c(Oc2ccc([O-])cc2)cc1I.[Na+]. The molecule has 0 radical (unpaired) electrons. The predicted octanol–water partition coefficient (Wildman–Crippen LogP) is 0.654. The predicted molar refractivity (Wildman–Crippen MR) is 110 cm³/mol. The Labute approximate surface area is 202 Å². The number of alkyl halides is 1. The third-order valence-corrected chi connectivity index (χ3v) is 6.22. The molecular weight excluding hydrogens is 662 g/mol. The van der Waals surface area contributed by atoms with Crippen molar-refractivity contribution in [3.05, 3.63) is 49.1 Å². The summed E-state index contributed by atoms with van der Waals surface area (Å²) < 4.78 is 7.15. The van der Waals surface area contributed by atoms with E-state index in [4.69, 9.17) is 15.6 Å². The Balaban J connectivity index is 0.00000288. The van der Waals surface area contributed by atoms with Crippen molar-refractivity contribution in [3.63, 3.8) is 0 Å². The summed E-state index contributed by atoms with van der Waals surface area (Å²) in [6.45, 7) is 0. The van der Waals surface area contributed by atoms with Gasteiger partial charge in [0, 0.05) is 3.57 Å². The van der Waals surface area contributed by atoms with Crippen LogP contribution in [0.15, 0.2) is 36.4 Å². The Hall–Kier alpha value is 0.660. The molecule has 0 saturated heterocycles. The van der Waals surface area contributed by atoms with Gasteiger partial charge in [0.25, 0.3) is 0 Å². The number of hydrogen-bond acceptors (Lipinski definition) is 4. The van der Waals surface area contributed by atoms with Gasteiger partial charge in [-0.3, -0.25) is 4.79 Å². The molecule has 0 aliphatic carbocycles. The zero-order valence-electron chi connectivity index (χ0n) is 12.5. The minimum atomic E-state index is -1.03. The van der Waals surface area contributed by atoms with E-state index >= 15 is 0 Å². The van der Waals surface area contributed by atoms with Crippen LogP contribution >= 0.6 is 67.8 Å². The van der Waals surface area contributed by atoms with Crippen LogP contribution in [-0.2, 0) is 4.79 Å². The Morgan fingerprint density at radius 1 is 1.17 bits per heavy atom. The largest absolute Gasteiger partial charge is 1.00 e. The Kier molecular flexibility index (Phi) is 9.57. The molecule has 2 aromatic carbocycles. The second-order valence-corrected chi connectivity index (χ2v) is 8.31. The molecule has 0 spiro atoms. The smallest absolute Gasteiger partial charge is 0.872 e. The molecule has 2 atom stereocenters. The van der Waals surface area contributed by atoms with Crippen LogP contribution in [0.4, 0.5) is 0 Å². The topological polar surface area (TPSA) is 95.6 Å². The van der Waals surface area contributed by atoms with E-state index in [1.165, 1.54) is 12.1 Å². The van der Waals surface area contributed by atoms with Gasteiger partial charge in [0.05, 0.1) is 7.49 Å². The first-order valence-corrected chi connectivity index (χ1v) is 9.76. The van der Waals surface area contributed by atoms with E-state index in [9.17, 15) is 9.90 Å². The van der Waals surface area contributed by atoms with Gasteiger partial charge in [-0.05, 0) is 75.0 Å². The fourth-order valence-corrected chi connectivity index (χ4v) is 4.58. The Morgan fingerprint density at radius 3 is 2.29 bits per heavy atom. The standard InChI is InChI=1S/C15H12I3NO4.Na/c16-10-6-12(23-8-3-1-7(20)2-4-8)11(17)5-9(10)13(18)14(19)15(21)22;/h1-6,13-14,20H,19H2,(H,21,22);/q;+1/p-1/t13-,14+;/m0./s1. The van der Waals surface area contributed by atoms with Crippen LogP contribution in [0.25, 0.3) is 0 Å². The second kappa shape index (κ2) is 10.1. The van der Waals surface area contributed by atoms with E-state index in [0.29, 0.717) is 11.5 Å². The van der Waals surface area contributed by atoms with Gasteiger partial charge in [0.15, 0.2) is 0 Å². The zero-order valence-corrected chi connectivity index (χ0v) is 21.0. The van der Waals surface area contributed by atoms with Crippen LogP contribution in [0.3, 0.4) is 0 Å². The summed E-state index contributed by atoms with van der Waals surface area (Å²) in [7, 11) is 0. The van der Waals surface area contributed by atoms with Crippen LogP contribution in [0.5, 0.6) is 17.2 Å². The van der Waals surface area contributed by atoms with Crippen LogP contribution in [-0.4, -0.2) is 17.1 Å². The number of carboxylic acid groups (broad SMARTS) is 1. The molecule has 0 heterocycles. The number of carboxylic acids is 1. The van der Waals surface area contributed by atoms with Crippen molar-refractivity contribution in [3.8, 4) is 17.2 Å². The molecule has 3 N–H and O–H groups in total. The van der Waals surface area contributed by atoms with Gasteiger partial charge in [-0.15, -0.1) is 5.75 Å². The van der Waals surface area contributed by atoms with E-state index in [1.54, 1.807) is 12.1 Å². The van der Waals surface area contributed by atoms with E-state index in [0.717, 1.165) is 12.7 Å². The van der Waals surface area contributed by atoms with Crippen LogP contribution < -0.4 is 45.1 Å². The Morgan fingerprint density at radius 2 is 1.75 bits per heavy atom. The van der Waals surface area contributed by atoms with Gasteiger partial charge >= 0.3 is 35.5 Å². The molecule has 0 fully saturated rings. The number of benzene rings is 2. The number of halogens is 3. The van der Waals surface area contributed by atoms with Crippen molar-refractivity contribution in [1.29, 1.82) is 0 Å². The number of ether oxygens (including phenoxy) is 1. The zero-order chi connectivity index (χ0) is 17.1. The first-order chi connectivity index (χ1) is 10.8. The molecule has 2 rings (SSSR count). The molecule has 9 heteroatoms. The summed E-state index contributed by atoms with van der Waals surface area (Å²) in [6.07, 6.45) is 0. The van der Waals surface area contributed by atoms with Crippen molar-refractivity contribution in [2.45, 2.75) is 9.97 Å². The number of nitrogens with two attached hydrogens (primary N) is 1. The minimum absolute atomic E-state index is 0. The summed E-state index contributed by atoms with van der Waals surface area (Å²) in [5.74, 6) is 0.102. The van der Waals surface area contributed by atoms with Gasteiger partial charge in [-0.25, -0.2) is 0 Å². The molecule has 0 amide bonds. The number of carbonyl (C=O) groups is 1. The van der Waals surface area contributed by atoms with Gasteiger partial charge < -0.3 is 20.7 Å². The molecule has 0 aliphatic rings. The number of rotatable bonds is 5. The molecule has 0 unspecified atom stereocenters. The summed E-state index contributed by atoms with van der Waals surface area (Å²) in [4.78, 5) is 11.1. The van der Waals surface area contributed by atoms with E-state index in [-0.39, 0.29) is 39.2 Å². The maximum Gasteiger partial charge on any atom is 1.00 e. The molecule has 5 nitrogen and oxygen atoms in total. The average molecular weight is 673 g/mol. The van der Waals surface area contributed by atoms with Crippen molar-refractivity contribution in [1.82, 2.24) is 0 Å². The molecule has 2 aromatic rings. The third-order valence-electron chi connectivity index (χ3n) is 3.00. The number of hydrogen-bond donors (Lipinski definition) is 2. The normalized spacial score (nSPS) is 12.8. The molecule has 0 saturated carbocycles. The molecule has 0 bridgehead atoms. The molecular formula is C15H11I3NNaO4. The van der Waals surface area contributed by atoms with Gasteiger partial charge in [-0.1, -0.05) is 34.7 Å². The van der Waals surface area contributed by atoms with Gasteiger partial charge in [0.1, 0.15) is 17.5 Å². The van der Waals surface area contributed by atoms with Crippen molar-refractivity contribution in [2.24, 2.45) is 5.73 Å². The van der Waals surface area contributed by atoms with E-state index in [2.05, 4.69) is 45.2 Å². The van der Waals surface area contributed by atoms with Crippen LogP contribution in [0.2, 0.25) is 0 Å². The first-order valence-electron chi connectivity index (χ1n) is 6.36. The molecule has 24 heavy (non-hydrogen) atoms. The monoisotopic (exact) mass is 673 g/mol. The Bertz CT molecular complexity index is 727. The van der Waals surface area contributed by atoms with E-state index < -0.39 is 12.0 Å². The summed E-state index contributed by atoms with van der Waals surface area (Å²) in [6, 6.07) is 8.84. The molecule has 0 aliphatic heterocycles. The fraction of sp³-hybridized carbons (Fsp3) is 0.133. The quantitative estimate of drug-likeness (QED) is 0.277. The fourth-order valence-electron chi connectivity index (χ4n) is 1.79. The molecule has 0 aromatic heterocycles. The number of aliphatic carboxylic acids is 1. The summed E-state index contributed by atoms with van der Waals surface area (Å²) >= 11 is 6.31. The summed E-state index contributed by atoms with van der Waals surface area (Å²) in [5, 5.41) is 20.2. The van der Waals surface area contributed by atoms with Gasteiger partial charge in [0.2, 0.25) is 0 Å². The van der Waals surface area contributed by atoms with Crippen molar-refractivity contribution >= 4 is 73.7 Å². The van der Waals surface area contributed by atoms with Crippen LogP contribution in [0, 0.1) is 7.14 Å². The minimum Gasteiger partial charge on any atom is -0.872 e. The van der Waals surface area contributed by atoms with Crippen molar-refractivity contribution in [2.75, 3.05) is 0 Å². The van der Waals surface area contributed by atoms with Crippen molar-refractivity contribution < 1.29 is 49.3 Å². The molecule has 122 valence electrons. The van der Waals surface area contributed by atoms with Gasteiger partial charge in [-0.2, -0.15) is 0 Å². The maximum atomic E-state index is 11.1. The third kappa shape index (κ3) is 5.84. The maximum absolute atomic E-state index is 11.1.